The third kappa shape index (κ3) is 8.60. The van der Waals surface area contributed by atoms with E-state index < -0.39 is 28.5 Å². The molecule has 1 N–H and O–H groups in total. The zero-order chi connectivity index (χ0) is 33.3. The number of ether oxygens (including phenoxy) is 1. The van der Waals surface area contributed by atoms with Crippen LogP contribution in [0.1, 0.15) is 30.5 Å². The Labute approximate surface area is 280 Å². The minimum absolute atomic E-state index is 0.0189. The predicted molar refractivity (Wildman–Crippen MR) is 183 cm³/mol. The van der Waals surface area contributed by atoms with Gasteiger partial charge in [-0.05, 0) is 74.9 Å². The molecule has 0 fully saturated rings. The van der Waals surface area contributed by atoms with E-state index in [1.165, 1.54) is 17.0 Å². The van der Waals surface area contributed by atoms with Gasteiger partial charge in [-0.3, -0.25) is 13.9 Å². The number of hydrogen-bond donors (Lipinski definition) is 1. The molecule has 46 heavy (non-hydrogen) atoms. The molecule has 0 saturated carbocycles. The number of aryl methyl sites for hydroxylation is 1. The van der Waals surface area contributed by atoms with Gasteiger partial charge in [0.25, 0.3) is 10.0 Å². The molecule has 242 valence electrons. The molecule has 0 saturated heterocycles. The topological polar surface area (TPSA) is 96.0 Å². The number of nitrogens with one attached hydrogen (secondary N) is 1. The first-order chi connectivity index (χ1) is 22.0. The van der Waals surface area contributed by atoms with E-state index in [0.717, 1.165) is 15.4 Å². The molecule has 0 heterocycles. The SMILES string of the molecule is CCNC(=O)[C@@H](Cc1ccccc1)N(Cc1c(Cl)cccc1Cl)C(=O)CN(c1ccc(C)cc1)S(=O)(=O)c1ccc(OCC)cc1. The van der Waals surface area contributed by atoms with Crippen LogP contribution in [0.2, 0.25) is 10.0 Å². The number of amides is 2. The number of sulfonamides is 1. The monoisotopic (exact) mass is 681 g/mol. The van der Waals surface area contributed by atoms with Gasteiger partial charge in [-0.15, -0.1) is 0 Å². The van der Waals surface area contributed by atoms with Crippen molar-refractivity contribution in [2.75, 3.05) is 24.0 Å². The van der Waals surface area contributed by atoms with E-state index in [9.17, 15) is 18.0 Å². The van der Waals surface area contributed by atoms with Crippen molar-refractivity contribution in [3.05, 3.63) is 124 Å². The van der Waals surface area contributed by atoms with Crippen molar-refractivity contribution in [2.24, 2.45) is 0 Å². The lowest BCUT2D eigenvalue weighted by atomic mass is 10.0. The van der Waals surface area contributed by atoms with Crippen molar-refractivity contribution in [3.8, 4) is 5.75 Å². The van der Waals surface area contributed by atoms with Crippen LogP contribution < -0.4 is 14.4 Å². The summed E-state index contributed by atoms with van der Waals surface area (Å²) in [6, 6.07) is 26.2. The van der Waals surface area contributed by atoms with Crippen LogP contribution in [0.15, 0.2) is 102 Å². The molecule has 4 aromatic carbocycles. The maximum absolute atomic E-state index is 14.5. The lowest BCUT2D eigenvalue weighted by Gasteiger charge is -2.34. The van der Waals surface area contributed by atoms with Crippen LogP contribution in [0.5, 0.6) is 5.75 Å². The lowest BCUT2D eigenvalue weighted by Crippen LogP contribution is -2.53. The van der Waals surface area contributed by atoms with E-state index in [1.807, 2.05) is 44.2 Å². The van der Waals surface area contributed by atoms with E-state index in [4.69, 9.17) is 27.9 Å². The van der Waals surface area contributed by atoms with Crippen LogP contribution in [0.3, 0.4) is 0 Å². The Hall–Kier alpha value is -4.05. The largest absolute Gasteiger partial charge is 0.494 e. The lowest BCUT2D eigenvalue weighted by molar-refractivity contribution is -0.140. The number of nitrogens with zero attached hydrogens (tertiary/aromatic N) is 2. The molecule has 11 heteroatoms. The van der Waals surface area contributed by atoms with Gasteiger partial charge in [0.15, 0.2) is 0 Å². The number of likely N-dealkylation sites (N-methyl/N-ethyl adjacent to an activating group) is 1. The normalized spacial score (nSPS) is 11.8. The molecule has 0 bridgehead atoms. The van der Waals surface area contributed by atoms with Crippen molar-refractivity contribution >= 4 is 50.7 Å². The number of halogens is 2. The first kappa shape index (κ1) is 34.8. The quantitative estimate of drug-likeness (QED) is 0.160. The van der Waals surface area contributed by atoms with Gasteiger partial charge < -0.3 is 15.0 Å². The highest BCUT2D eigenvalue weighted by atomic mass is 35.5. The summed E-state index contributed by atoms with van der Waals surface area (Å²) >= 11 is 13.1. The first-order valence-corrected chi connectivity index (χ1v) is 17.1. The summed E-state index contributed by atoms with van der Waals surface area (Å²) in [7, 11) is -4.25. The Bertz CT molecular complexity index is 1710. The molecule has 0 aliphatic carbocycles. The highest BCUT2D eigenvalue weighted by molar-refractivity contribution is 7.92. The van der Waals surface area contributed by atoms with Crippen LogP contribution in [0.4, 0.5) is 5.69 Å². The smallest absolute Gasteiger partial charge is 0.264 e. The maximum atomic E-state index is 14.5. The fourth-order valence-corrected chi connectivity index (χ4v) is 6.87. The van der Waals surface area contributed by atoms with E-state index >= 15 is 0 Å². The predicted octanol–water partition coefficient (Wildman–Crippen LogP) is 6.67. The third-order valence-electron chi connectivity index (χ3n) is 7.34. The third-order valence-corrected chi connectivity index (χ3v) is 9.83. The summed E-state index contributed by atoms with van der Waals surface area (Å²) in [5.74, 6) is -0.481. The Morgan fingerprint density at radius 3 is 2.07 bits per heavy atom. The van der Waals surface area contributed by atoms with Crippen molar-refractivity contribution in [1.82, 2.24) is 10.2 Å². The molecule has 2 amide bonds. The number of benzene rings is 4. The summed E-state index contributed by atoms with van der Waals surface area (Å²) in [5, 5.41) is 3.47. The summed E-state index contributed by atoms with van der Waals surface area (Å²) in [6.07, 6.45) is 0.177. The molecule has 0 aromatic heterocycles. The Morgan fingerprint density at radius 2 is 1.48 bits per heavy atom. The van der Waals surface area contributed by atoms with Gasteiger partial charge in [0.1, 0.15) is 18.3 Å². The molecule has 0 aliphatic rings. The Balaban J connectivity index is 1.81. The molecular formula is C35H37Cl2N3O5S. The highest BCUT2D eigenvalue weighted by Crippen LogP contribution is 2.29. The van der Waals surface area contributed by atoms with Crippen molar-refractivity contribution in [2.45, 2.75) is 44.7 Å². The van der Waals surface area contributed by atoms with Gasteiger partial charge in [-0.2, -0.15) is 0 Å². The van der Waals surface area contributed by atoms with Crippen LogP contribution >= 0.6 is 23.2 Å². The van der Waals surface area contributed by atoms with Gasteiger partial charge >= 0.3 is 0 Å². The molecule has 0 unspecified atom stereocenters. The summed E-state index contributed by atoms with van der Waals surface area (Å²) < 4.78 is 35.0. The minimum atomic E-state index is -4.25. The second-order valence-electron chi connectivity index (χ2n) is 10.6. The molecule has 1 atom stereocenters. The molecule has 0 aliphatic heterocycles. The molecule has 8 nitrogen and oxygen atoms in total. The standard InChI is InChI=1S/C35H37Cl2N3O5S/c1-4-38-35(42)33(22-26-10-7-6-8-11-26)39(23-30-31(36)12-9-13-32(30)37)34(41)24-40(27-16-14-25(3)15-17-27)46(43,44)29-20-18-28(19-21-29)45-5-2/h6-21,33H,4-5,22-24H2,1-3H3,(H,38,42)/t33-/m1/s1. The second kappa shape index (κ2) is 16.0. The van der Waals surface area contributed by atoms with Gasteiger partial charge in [0, 0.05) is 35.1 Å². The fraction of sp³-hybridized carbons (Fsp3) is 0.257. The average Bonchev–Trinajstić information content (AvgIpc) is 3.04. The first-order valence-electron chi connectivity index (χ1n) is 14.9. The summed E-state index contributed by atoms with van der Waals surface area (Å²) in [5.41, 5.74) is 2.47. The average molecular weight is 683 g/mol. The molecular weight excluding hydrogens is 645 g/mol. The maximum Gasteiger partial charge on any atom is 0.264 e. The van der Waals surface area contributed by atoms with Gasteiger partial charge in [-0.1, -0.05) is 77.3 Å². The van der Waals surface area contributed by atoms with Crippen molar-refractivity contribution in [1.29, 1.82) is 0 Å². The summed E-state index contributed by atoms with van der Waals surface area (Å²) in [6.45, 7) is 5.55. The van der Waals surface area contributed by atoms with Crippen LogP contribution in [-0.4, -0.2) is 50.9 Å². The fourth-order valence-electron chi connectivity index (χ4n) is 4.94. The zero-order valence-electron chi connectivity index (χ0n) is 26.0. The van der Waals surface area contributed by atoms with Crippen LogP contribution in [0.25, 0.3) is 0 Å². The summed E-state index contributed by atoms with van der Waals surface area (Å²) in [4.78, 5) is 29.5. The molecule has 0 spiro atoms. The van der Waals surface area contributed by atoms with E-state index in [-0.39, 0.29) is 23.8 Å². The minimum Gasteiger partial charge on any atom is -0.494 e. The Kier molecular flexibility index (Phi) is 12.1. The number of hydrogen-bond acceptors (Lipinski definition) is 5. The highest BCUT2D eigenvalue weighted by Gasteiger charge is 2.35. The second-order valence-corrected chi connectivity index (χ2v) is 13.3. The Morgan fingerprint density at radius 1 is 0.848 bits per heavy atom. The molecule has 0 radical (unpaired) electrons. The molecule has 4 aromatic rings. The van der Waals surface area contributed by atoms with Crippen molar-refractivity contribution in [3.63, 3.8) is 0 Å². The molecule has 4 rings (SSSR count). The van der Waals surface area contributed by atoms with Crippen molar-refractivity contribution < 1.29 is 22.7 Å². The number of carbonyl (C=O) groups excluding carboxylic acids is 2. The van der Waals surface area contributed by atoms with Gasteiger partial charge in [0.05, 0.1) is 17.2 Å². The van der Waals surface area contributed by atoms with Crippen LogP contribution in [-0.2, 0) is 32.6 Å². The van der Waals surface area contributed by atoms with E-state index in [1.54, 1.807) is 61.5 Å². The zero-order valence-corrected chi connectivity index (χ0v) is 28.3. The van der Waals surface area contributed by atoms with E-state index in [0.29, 0.717) is 40.2 Å². The number of rotatable bonds is 14. The number of carbonyl (C=O) groups is 2. The van der Waals surface area contributed by atoms with Gasteiger partial charge in [0.2, 0.25) is 11.8 Å². The van der Waals surface area contributed by atoms with Crippen LogP contribution in [0, 0.1) is 6.92 Å². The van der Waals surface area contributed by atoms with Gasteiger partial charge in [-0.25, -0.2) is 8.42 Å². The number of anilines is 1. The van der Waals surface area contributed by atoms with E-state index in [2.05, 4.69) is 5.32 Å².